The van der Waals surface area contributed by atoms with E-state index in [0.717, 1.165) is 10.6 Å². The van der Waals surface area contributed by atoms with Crippen molar-refractivity contribution >= 4 is 76.4 Å². The van der Waals surface area contributed by atoms with Crippen molar-refractivity contribution < 1.29 is 85.8 Å². The minimum Gasteiger partial charge on any atom is -0.445 e. The van der Waals surface area contributed by atoms with E-state index in [1.807, 2.05) is 70.3 Å². The van der Waals surface area contributed by atoms with Gasteiger partial charge in [-0.05, 0) is 84.5 Å². The predicted octanol–water partition coefficient (Wildman–Crippen LogP) is 6.73. The second-order valence-electron chi connectivity index (χ2n) is 31.6. The topological polar surface area (TPSA) is 408 Å². The summed E-state index contributed by atoms with van der Waals surface area (Å²) in [5.41, 5.74) is 7.76. The summed E-state index contributed by atoms with van der Waals surface area (Å²) in [6, 6.07) is 9.79. The zero-order valence-electron chi connectivity index (χ0n) is 70.9. The lowest BCUT2D eigenvalue weighted by atomic mass is 9.89. The number of likely N-dealkylation sites (N-methyl/N-ethyl adjacent to an activating group) is 2. The normalized spacial score (nSPS) is 15.6. The Hall–Kier alpha value is -8.77. The monoisotopic (exact) mass is 1650 g/mol. The van der Waals surface area contributed by atoms with E-state index < -0.39 is 114 Å². The largest absolute Gasteiger partial charge is 0.445 e. The second-order valence-corrected chi connectivity index (χ2v) is 32.5. The Morgan fingerprint density at radius 2 is 1.31 bits per heavy atom. The molecule has 1 saturated heterocycles. The van der Waals surface area contributed by atoms with Crippen molar-refractivity contribution in [1.82, 2.24) is 66.6 Å². The lowest BCUT2D eigenvalue weighted by molar-refractivity contribution is -0.148. The zero-order chi connectivity index (χ0) is 85.4. The number of benzene rings is 2. The number of anilines is 1. The molecule has 0 spiro atoms. The number of methoxy groups -OCH3 is 2. The van der Waals surface area contributed by atoms with Gasteiger partial charge in [-0.2, -0.15) is 0 Å². The van der Waals surface area contributed by atoms with Crippen molar-refractivity contribution in [3.63, 3.8) is 0 Å². The van der Waals surface area contributed by atoms with Crippen LogP contribution < -0.4 is 43.0 Å². The Bertz CT molecular complexity index is 3620. The van der Waals surface area contributed by atoms with Crippen LogP contribution in [-0.2, 0) is 102 Å². The van der Waals surface area contributed by atoms with Crippen molar-refractivity contribution in [2.45, 2.75) is 215 Å². The molecule has 1 aliphatic rings. The molecule has 648 valence electrons. The number of hydrogen-bond acceptors (Lipinski definition) is 22. The fourth-order valence-corrected chi connectivity index (χ4v) is 14.1. The number of urea groups is 1. The molecule has 33 nitrogen and oxygen atoms in total. The molecule has 3 heterocycles. The molecule has 34 heteroatoms. The molecule has 2 aromatic heterocycles. The number of primary amides is 1. The van der Waals surface area contributed by atoms with Gasteiger partial charge in [-0.1, -0.05) is 137 Å². The van der Waals surface area contributed by atoms with Gasteiger partial charge in [0.2, 0.25) is 47.3 Å². The highest BCUT2D eigenvalue weighted by Crippen LogP contribution is 2.31. The van der Waals surface area contributed by atoms with Gasteiger partial charge in [0.1, 0.15) is 41.5 Å². The van der Waals surface area contributed by atoms with Gasteiger partial charge in [-0.25, -0.2) is 19.3 Å². The van der Waals surface area contributed by atoms with Gasteiger partial charge < -0.3 is 90.6 Å². The number of thiazole rings is 1. The number of nitrogens with two attached hydrogens (primary N) is 1. The van der Waals surface area contributed by atoms with Crippen LogP contribution in [0.3, 0.4) is 0 Å². The van der Waals surface area contributed by atoms with Gasteiger partial charge in [0.25, 0.3) is 0 Å². The molecular formula is C82H131N15O18S. The molecule has 11 atom stereocenters. The van der Waals surface area contributed by atoms with E-state index in [1.165, 1.54) is 30.4 Å². The number of hydrogen-bond donors (Lipinski definition) is 8. The molecule has 11 amide bonds. The smallest absolute Gasteiger partial charge is 0.410 e. The van der Waals surface area contributed by atoms with Crippen LogP contribution in [0.4, 0.5) is 15.3 Å². The first-order valence-corrected chi connectivity index (χ1v) is 41.3. The summed E-state index contributed by atoms with van der Waals surface area (Å²) in [7, 11) is 6.17. The minimum absolute atomic E-state index is 0.00449. The molecule has 0 radical (unpaired) electrons. The summed E-state index contributed by atoms with van der Waals surface area (Å²) in [6.07, 6.45) is 4.12. The molecule has 2 aromatic carbocycles. The van der Waals surface area contributed by atoms with E-state index in [4.69, 9.17) is 43.6 Å². The van der Waals surface area contributed by atoms with Crippen molar-refractivity contribution in [2.75, 3.05) is 113 Å². The van der Waals surface area contributed by atoms with E-state index in [2.05, 4.69) is 73.3 Å². The Balaban J connectivity index is 1.08. The van der Waals surface area contributed by atoms with Crippen LogP contribution in [-0.4, -0.2) is 250 Å². The summed E-state index contributed by atoms with van der Waals surface area (Å²) in [6.45, 7) is 27.1. The maximum absolute atomic E-state index is 14.9. The number of aromatic nitrogens is 4. The first-order valence-electron chi connectivity index (χ1n) is 40.4. The van der Waals surface area contributed by atoms with Crippen LogP contribution >= 0.6 is 11.3 Å². The Kier molecular flexibility index (Phi) is 43.4. The maximum atomic E-state index is 14.9. The molecular weight excluding hydrogens is 1520 g/mol. The number of amides is 11. The Labute approximate surface area is 688 Å². The molecule has 0 bridgehead atoms. The van der Waals surface area contributed by atoms with Crippen LogP contribution in [0.5, 0.6) is 0 Å². The van der Waals surface area contributed by atoms with E-state index in [-0.39, 0.29) is 87.1 Å². The number of carbonyl (C=O) groups is 10. The molecule has 0 saturated carbocycles. The second kappa shape index (κ2) is 51.4. The fraction of sp³-hybridized carbons (Fsp3) is 0.671. The standard InChI is InChI=1S/C82H131N15O18S/c1-17-56(8)72(65(108-15)48-68(100)97-35-22-26-64(97)73(109-16)57(9)74(101)89-63(78-84-34-46-116-78)47-58-23-19-18-20-24-58)94(13)79(105)70(54(4)5)91-77(104)71(55(6)7)95(14)81(107)115-50-59-27-29-60(30-28-59)87-75(102)62(25-21-33-85-80(83)106)88-76(103)69(53(2)3)90-67(99)32-38-114-51-61-49-96(93-92-61)36-39-111-41-43-113-45-44-112-42-40-110-37-31-66(98)86-52-82(10,11)12/h18-20,23-24,27-30,34,46,49,53-57,62-65,69-73H,17,21-22,25-26,31-33,35-45,47-48,50-52H2,1-16H3,(H,86,98)(H,87,102)(H,88,103)(H,89,101)(H,90,99)(H,91,104)(H3,83,85,106). The molecule has 5 rings (SSSR count). The Morgan fingerprint density at radius 3 is 1.91 bits per heavy atom. The average Bonchev–Trinajstić information content (AvgIpc) is 1.48. The van der Waals surface area contributed by atoms with E-state index in [9.17, 15) is 47.9 Å². The van der Waals surface area contributed by atoms with Crippen LogP contribution in [0, 0.1) is 35.0 Å². The van der Waals surface area contributed by atoms with Crippen molar-refractivity contribution in [2.24, 2.45) is 40.7 Å². The summed E-state index contributed by atoms with van der Waals surface area (Å²) >= 11 is 1.47. The van der Waals surface area contributed by atoms with Crippen molar-refractivity contribution in [3.8, 4) is 0 Å². The van der Waals surface area contributed by atoms with Crippen LogP contribution in [0.1, 0.15) is 162 Å². The predicted molar refractivity (Wildman–Crippen MR) is 438 cm³/mol. The number of nitrogens with zero attached hydrogens (tertiary/aromatic N) is 7. The van der Waals surface area contributed by atoms with Gasteiger partial charge in [0, 0.05) is 78.1 Å². The minimum atomic E-state index is -1.13. The zero-order valence-corrected chi connectivity index (χ0v) is 71.8. The van der Waals surface area contributed by atoms with Gasteiger partial charge in [-0.3, -0.25) is 43.3 Å². The van der Waals surface area contributed by atoms with E-state index in [0.29, 0.717) is 122 Å². The Morgan fingerprint density at radius 1 is 0.672 bits per heavy atom. The first kappa shape index (κ1) is 97.8. The van der Waals surface area contributed by atoms with Crippen LogP contribution in [0.2, 0.25) is 0 Å². The van der Waals surface area contributed by atoms with Crippen LogP contribution in [0.25, 0.3) is 0 Å². The van der Waals surface area contributed by atoms with Crippen molar-refractivity contribution in [1.29, 1.82) is 0 Å². The highest BCUT2D eigenvalue weighted by molar-refractivity contribution is 7.09. The SMILES string of the molecule is CCC(C)C(C(CC(=O)N1CCCC1C(OC)C(C)C(=O)NC(Cc1ccccc1)c1nccs1)OC)N(C)C(=O)C(NC(=O)C(C(C)C)N(C)C(=O)OCc1ccc(NC(=O)C(CCCNC(N)=O)NC(=O)C(NC(=O)CCOCc2cn(CCOCCOCCOCCOCCC(=O)NCC(C)(C)C)nn2)C(C)C)cc1)C(C)C. The third-order valence-electron chi connectivity index (χ3n) is 20.1. The van der Waals surface area contributed by atoms with E-state index >= 15 is 0 Å². The third kappa shape index (κ3) is 34.1. The highest BCUT2D eigenvalue weighted by atomic mass is 32.1. The summed E-state index contributed by atoms with van der Waals surface area (Å²) in [5.74, 6) is -5.26. The first-order chi connectivity index (χ1) is 55.3. The lowest BCUT2D eigenvalue weighted by Gasteiger charge is -2.41. The molecule has 116 heavy (non-hydrogen) atoms. The number of carbonyl (C=O) groups excluding carboxylic acids is 10. The number of ether oxygens (including phenoxy) is 8. The maximum Gasteiger partial charge on any atom is 0.410 e. The molecule has 1 fully saturated rings. The third-order valence-corrected chi connectivity index (χ3v) is 21.0. The quantitative estimate of drug-likeness (QED) is 0.0212. The molecule has 4 aromatic rings. The van der Waals surface area contributed by atoms with Gasteiger partial charge in [-0.15, -0.1) is 16.4 Å². The number of likely N-dealkylation sites (tertiary alicyclic amines) is 1. The summed E-state index contributed by atoms with van der Waals surface area (Å²) in [5, 5.41) is 30.8. The van der Waals surface area contributed by atoms with Gasteiger partial charge in [0.05, 0.1) is 121 Å². The lowest BCUT2D eigenvalue weighted by Crippen LogP contribution is -2.60. The summed E-state index contributed by atoms with van der Waals surface area (Å²) in [4.78, 5) is 146. The van der Waals surface area contributed by atoms with Crippen molar-refractivity contribution in [3.05, 3.63) is 94.2 Å². The number of nitrogens with one attached hydrogen (secondary N) is 7. The van der Waals surface area contributed by atoms with Gasteiger partial charge >= 0.3 is 12.1 Å². The number of rotatable bonds is 54. The summed E-state index contributed by atoms with van der Waals surface area (Å²) < 4.78 is 47.5. The molecule has 1 aliphatic heterocycles. The molecule has 0 aliphatic carbocycles. The molecule has 9 N–H and O–H groups in total. The van der Waals surface area contributed by atoms with E-state index in [1.54, 1.807) is 93.0 Å². The molecule has 11 unspecified atom stereocenters. The van der Waals surface area contributed by atoms with Gasteiger partial charge in [0.15, 0.2) is 0 Å². The highest BCUT2D eigenvalue weighted by Gasteiger charge is 2.44. The van der Waals surface area contributed by atoms with Crippen LogP contribution in [0.15, 0.2) is 72.4 Å². The average molecular weight is 1650 g/mol. The fourth-order valence-electron chi connectivity index (χ4n) is 13.5.